The molecule has 0 aliphatic heterocycles. The van der Waals surface area contributed by atoms with E-state index in [0.29, 0.717) is 0 Å². The molecular weight excluding hydrogens is 246 g/mol. The van der Waals surface area contributed by atoms with Crippen LogP contribution in [0.4, 0.5) is 0 Å². The van der Waals surface area contributed by atoms with Gasteiger partial charge < -0.3 is 5.32 Å². The SMILES string of the molecule is C=CCCCC(CCCC=C)(NC)C(C)=O.CC.CC. The largest absolute Gasteiger partial charge is 0.308 e. The van der Waals surface area contributed by atoms with Gasteiger partial charge in [-0.3, -0.25) is 4.79 Å². The van der Waals surface area contributed by atoms with Crippen LogP contribution in [0.2, 0.25) is 0 Å². The molecule has 0 aromatic carbocycles. The number of rotatable bonds is 10. The summed E-state index contributed by atoms with van der Waals surface area (Å²) in [6.07, 6.45) is 9.56. The quantitative estimate of drug-likeness (QED) is 0.435. The Kier molecular flexibility index (Phi) is 21.9. The lowest BCUT2D eigenvalue weighted by atomic mass is 9.84. The number of likely N-dealkylation sites (N-methyl/N-ethyl adjacent to an activating group) is 1. The lowest BCUT2D eigenvalue weighted by Crippen LogP contribution is -2.49. The number of Topliss-reactive ketones (excluding diaryl/α,β-unsaturated/α-hetero) is 1. The zero-order valence-corrected chi connectivity index (χ0v) is 14.7. The zero-order chi connectivity index (χ0) is 16.4. The minimum absolute atomic E-state index is 0.239. The molecule has 2 nitrogen and oxygen atoms in total. The summed E-state index contributed by atoms with van der Waals surface area (Å²) in [5.41, 5.74) is -0.341. The Morgan fingerprint density at radius 1 is 1.00 bits per heavy atom. The van der Waals surface area contributed by atoms with Crippen molar-refractivity contribution < 1.29 is 4.79 Å². The maximum atomic E-state index is 11.8. The highest BCUT2D eigenvalue weighted by Crippen LogP contribution is 2.22. The summed E-state index contributed by atoms with van der Waals surface area (Å²) < 4.78 is 0. The smallest absolute Gasteiger partial charge is 0.149 e. The summed E-state index contributed by atoms with van der Waals surface area (Å²) in [4.78, 5) is 11.8. The standard InChI is InChI=1S/C14H25NO.2C2H6/c1-5-7-9-11-14(15-4,13(3)16)12-10-8-6-2;2*1-2/h5-6,15H,1-2,7-12H2,3-4H3;2*1-2H3. The predicted molar refractivity (Wildman–Crippen MR) is 93.3 cm³/mol. The van der Waals surface area contributed by atoms with Crippen molar-refractivity contribution in [1.29, 1.82) is 0 Å². The van der Waals surface area contributed by atoms with Crippen molar-refractivity contribution >= 4 is 5.78 Å². The van der Waals surface area contributed by atoms with Crippen LogP contribution >= 0.6 is 0 Å². The number of hydrogen-bond acceptors (Lipinski definition) is 2. The molecule has 0 aromatic rings. The number of ketones is 1. The lowest BCUT2D eigenvalue weighted by molar-refractivity contribution is -0.123. The number of allylic oxidation sites excluding steroid dienone is 2. The van der Waals surface area contributed by atoms with Crippen molar-refractivity contribution in [3.05, 3.63) is 25.3 Å². The Labute approximate surface area is 127 Å². The van der Waals surface area contributed by atoms with Crippen LogP contribution < -0.4 is 5.32 Å². The van der Waals surface area contributed by atoms with Gasteiger partial charge in [-0.2, -0.15) is 0 Å². The van der Waals surface area contributed by atoms with Gasteiger partial charge in [0.1, 0.15) is 5.78 Å². The van der Waals surface area contributed by atoms with Crippen LogP contribution in [0, 0.1) is 0 Å². The molecule has 1 N–H and O–H groups in total. The van der Waals surface area contributed by atoms with Gasteiger partial charge in [0, 0.05) is 0 Å². The first-order chi connectivity index (χ1) is 9.63. The van der Waals surface area contributed by atoms with Crippen molar-refractivity contribution in [1.82, 2.24) is 5.32 Å². The van der Waals surface area contributed by atoms with Crippen LogP contribution in [0.25, 0.3) is 0 Å². The second kappa shape index (κ2) is 18.1. The monoisotopic (exact) mass is 283 g/mol. The van der Waals surface area contributed by atoms with Gasteiger partial charge in [-0.15, -0.1) is 13.2 Å². The molecule has 0 spiro atoms. The third-order valence-electron chi connectivity index (χ3n) is 3.18. The molecule has 0 aliphatic carbocycles. The average Bonchev–Trinajstić information content (AvgIpc) is 2.50. The fraction of sp³-hybridized carbons (Fsp3) is 0.722. The molecule has 0 aliphatic rings. The molecule has 20 heavy (non-hydrogen) atoms. The van der Waals surface area contributed by atoms with Gasteiger partial charge in [0.25, 0.3) is 0 Å². The van der Waals surface area contributed by atoms with E-state index in [1.807, 2.05) is 46.9 Å². The number of unbranched alkanes of at least 4 members (excludes halogenated alkanes) is 2. The first kappa shape index (κ1) is 24.1. The lowest BCUT2D eigenvalue weighted by Gasteiger charge is -2.31. The van der Waals surface area contributed by atoms with E-state index in [9.17, 15) is 4.79 Å². The van der Waals surface area contributed by atoms with Crippen molar-refractivity contribution in [2.24, 2.45) is 0 Å². The van der Waals surface area contributed by atoms with E-state index in [-0.39, 0.29) is 11.3 Å². The normalized spacial score (nSPS) is 9.50. The van der Waals surface area contributed by atoms with Gasteiger partial charge in [-0.25, -0.2) is 0 Å². The molecule has 0 fully saturated rings. The first-order valence-electron chi connectivity index (χ1n) is 8.04. The highest BCUT2D eigenvalue weighted by molar-refractivity contribution is 5.86. The topological polar surface area (TPSA) is 29.1 Å². The third-order valence-corrected chi connectivity index (χ3v) is 3.18. The maximum absolute atomic E-state index is 11.8. The van der Waals surface area contributed by atoms with E-state index < -0.39 is 0 Å². The summed E-state index contributed by atoms with van der Waals surface area (Å²) in [6.45, 7) is 17.1. The highest BCUT2D eigenvalue weighted by atomic mass is 16.1. The summed E-state index contributed by atoms with van der Waals surface area (Å²) in [5.74, 6) is 0.239. The van der Waals surface area contributed by atoms with Crippen LogP contribution in [-0.4, -0.2) is 18.4 Å². The Hall–Kier alpha value is -0.890. The molecule has 0 heterocycles. The van der Waals surface area contributed by atoms with Gasteiger partial charge in [0.2, 0.25) is 0 Å². The van der Waals surface area contributed by atoms with Crippen LogP contribution in [0.15, 0.2) is 25.3 Å². The van der Waals surface area contributed by atoms with Crippen molar-refractivity contribution in [3.8, 4) is 0 Å². The van der Waals surface area contributed by atoms with Crippen molar-refractivity contribution in [2.75, 3.05) is 7.05 Å². The molecular formula is C18H37NO. The highest BCUT2D eigenvalue weighted by Gasteiger charge is 2.31. The third kappa shape index (κ3) is 11.0. The maximum Gasteiger partial charge on any atom is 0.149 e. The summed E-state index contributed by atoms with van der Waals surface area (Å²) in [7, 11) is 1.88. The Balaban J connectivity index is -0.000000656. The van der Waals surface area contributed by atoms with Crippen LogP contribution in [0.1, 0.15) is 73.1 Å². The van der Waals surface area contributed by atoms with Crippen LogP contribution in [-0.2, 0) is 4.79 Å². The molecule has 0 atom stereocenters. The molecule has 0 bridgehead atoms. The van der Waals surface area contributed by atoms with E-state index in [2.05, 4.69) is 18.5 Å². The second-order valence-corrected chi connectivity index (χ2v) is 4.25. The summed E-state index contributed by atoms with van der Waals surface area (Å²) in [6, 6.07) is 0. The molecule has 0 aromatic heterocycles. The number of hydrogen-bond donors (Lipinski definition) is 1. The van der Waals surface area contributed by atoms with Gasteiger partial charge in [-0.05, 0) is 52.5 Å². The molecule has 0 saturated heterocycles. The van der Waals surface area contributed by atoms with E-state index in [1.165, 1.54) is 0 Å². The van der Waals surface area contributed by atoms with Crippen molar-refractivity contribution in [3.63, 3.8) is 0 Å². The minimum atomic E-state index is -0.341. The van der Waals surface area contributed by atoms with E-state index >= 15 is 0 Å². The second-order valence-electron chi connectivity index (χ2n) is 4.25. The predicted octanol–water partition coefficient (Wildman–Crippen LogP) is 5.30. The van der Waals surface area contributed by atoms with E-state index in [1.54, 1.807) is 6.92 Å². The van der Waals surface area contributed by atoms with E-state index in [4.69, 9.17) is 0 Å². The number of nitrogens with one attached hydrogen (secondary N) is 1. The molecule has 0 radical (unpaired) electrons. The average molecular weight is 284 g/mol. The van der Waals surface area contributed by atoms with Gasteiger partial charge in [0.05, 0.1) is 5.54 Å². The van der Waals surface area contributed by atoms with Crippen LogP contribution in [0.3, 0.4) is 0 Å². The molecule has 120 valence electrons. The Morgan fingerprint density at radius 2 is 1.35 bits per heavy atom. The molecule has 2 heteroatoms. The Morgan fingerprint density at radius 3 is 1.55 bits per heavy atom. The van der Waals surface area contributed by atoms with Gasteiger partial charge in [0.15, 0.2) is 0 Å². The van der Waals surface area contributed by atoms with Gasteiger partial charge >= 0.3 is 0 Å². The number of carbonyl (C=O) groups excluding carboxylic acids is 1. The summed E-state index contributed by atoms with van der Waals surface area (Å²) in [5, 5.41) is 3.21. The first-order valence-corrected chi connectivity index (χ1v) is 8.04. The minimum Gasteiger partial charge on any atom is -0.308 e. The molecule has 0 amide bonds. The fourth-order valence-corrected chi connectivity index (χ4v) is 2.00. The van der Waals surface area contributed by atoms with Gasteiger partial charge in [-0.1, -0.05) is 39.8 Å². The zero-order valence-electron chi connectivity index (χ0n) is 14.7. The molecule has 0 unspecified atom stereocenters. The van der Waals surface area contributed by atoms with Crippen molar-refractivity contribution in [2.45, 2.75) is 78.7 Å². The summed E-state index contributed by atoms with van der Waals surface area (Å²) >= 11 is 0. The molecule has 0 saturated carbocycles. The Bertz CT molecular complexity index is 220. The fourth-order valence-electron chi connectivity index (χ4n) is 2.00. The number of carbonyl (C=O) groups is 1. The molecule has 0 rings (SSSR count). The van der Waals surface area contributed by atoms with E-state index in [0.717, 1.165) is 38.5 Å². The van der Waals surface area contributed by atoms with Crippen LogP contribution in [0.5, 0.6) is 0 Å².